The van der Waals surface area contributed by atoms with Gasteiger partial charge in [-0.15, -0.1) is 0 Å². The maximum atomic E-state index is 14.1. The summed E-state index contributed by atoms with van der Waals surface area (Å²) in [6, 6.07) is 13.8. The van der Waals surface area contributed by atoms with Crippen molar-refractivity contribution in [3.8, 4) is 0 Å². The molecule has 2 aromatic carbocycles. The summed E-state index contributed by atoms with van der Waals surface area (Å²) in [5.41, 5.74) is 1.66. The van der Waals surface area contributed by atoms with Crippen LogP contribution in [0.2, 0.25) is 0 Å². The van der Waals surface area contributed by atoms with Gasteiger partial charge in [0.05, 0.1) is 0 Å². The van der Waals surface area contributed by atoms with Crippen LogP contribution in [0.15, 0.2) is 60.7 Å². The molecule has 10 heteroatoms. The molecule has 0 radical (unpaired) electrons. The number of amides is 5. The summed E-state index contributed by atoms with van der Waals surface area (Å²) in [5, 5.41) is 8.69. The van der Waals surface area contributed by atoms with Crippen LogP contribution < -0.4 is 16.0 Å². The lowest BCUT2D eigenvalue weighted by atomic mass is 9.96. The van der Waals surface area contributed by atoms with Crippen molar-refractivity contribution in [1.82, 2.24) is 25.8 Å². The number of carbonyl (C=O) groups is 5. The standard InChI is InChI=1S/C35H49N5O5/c1-21(2)28-32(42)36-26(19-24-15-11-9-12-16-24)34(44)40(8)30(23(5)6)33(43)38-29(22(3)4)35(45)39(7)27(31(41)37-28)20-25-17-13-10-14-18-25/h9-18,21-23,26-30H,19-20H2,1-8H3,(H,36,42)(H,37,41)(H,38,43)/t26-,27-,28-,29-,30-/m0/s1. The van der Waals surface area contributed by atoms with E-state index < -0.39 is 59.7 Å². The number of benzene rings is 2. The van der Waals surface area contributed by atoms with Crippen molar-refractivity contribution in [2.75, 3.05) is 14.1 Å². The van der Waals surface area contributed by atoms with Crippen LogP contribution in [0.3, 0.4) is 0 Å². The molecular formula is C35H49N5O5. The minimum absolute atomic E-state index is 0.188. The lowest BCUT2D eigenvalue weighted by molar-refractivity contribution is -0.146. The molecule has 1 aliphatic heterocycles. The first-order valence-electron chi connectivity index (χ1n) is 15.7. The summed E-state index contributed by atoms with van der Waals surface area (Å²) in [5.74, 6) is -3.34. The Morgan fingerprint density at radius 3 is 1.53 bits per heavy atom. The average Bonchev–Trinajstić information content (AvgIpc) is 2.99. The zero-order valence-corrected chi connectivity index (χ0v) is 27.7. The molecule has 45 heavy (non-hydrogen) atoms. The predicted molar refractivity (Wildman–Crippen MR) is 174 cm³/mol. The molecular weight excluding hydrogens is 570 g/mol. The first-order valence-corrected chi connectivity index (χ1v) is 15.7. The Labute approximate surface area is 267 Å². The van der Waals surface area contributed by atoms with Crippen molar-refractivity contribution < 1.29 is 24.0 Å². The Morgan fingerprint density at radius 1 is 0.556 bits per heavy atom. The first kappa shape index (κ1) is 35.3. The molecule has 0 unspecified atom stereocenters. The van der Waals surface area contributed by atoms with Crippen LogP contribution in [0, 0.1) is 17.8 Å². The van der Waals surface area contributed by atoms with Gasteiger partial charge in [-0.05, 0) is 28.9 Å². The summed E-state index contributed by atoms with van der Waals surface area (Å²) in [6.45, 7) is 10.9. The van der Waals surface area contributed by atoms with E-state index >= 15 is 0 Å². The number of rotatable bonds is 7. The van der Waals surface area contributed by atoms with Gasteiger partial charge in [0.2, 0.25) is 29.5 Å². The molecule has 1 saturated heterocycles. The van der Waals surface area contributed by atoms with Gasteiger partial charge >= 0.3 is 0 Å². The molecule has 3 N–H and O–H groups in total. The molecule has 0 aromatic heterocycles. The van der Waals surface area contributed by atoms with E-state index in [9.17, 15) is 24.0 Å². The monoisotopic (exact) mass is 619 g/mol. The zero-order valence-electron chi connectivity index (χ0n) is 27.7. The van der Waals surface area contributed by atoms with E-state index in [1.165, 1.54) is 9.80 Å². The maximum Gasteiger partial charge on any atom is 0.245 e. The zero-order chi connectivity index (χ0) is 33.4. The molecule has 1 heterocycles. The Balaban J connectivity index is 2.14. The van der Waals surface area contributed by atoms with Gasteiger partial charge in [-0.25, -0.2) is 0 Å². The largest absolute Gasteiger partial charge is 0.342 e. The van der Waals surface area contributed by atoms with Crippen molar-refractivity contribution in [3.63, 3.8) is 0 Å². The normalized spacial score (nSPS) is 24.3. The molecule has 10 nitrogen and oxygen atoms in total. The molecule has 5 atom stereocenters. The second-order valence-corrected chi connectivity index (χ2v) is 13.0. The Morgan fingerprint density at radius 2 is 1.04 bits per heavy atom. The molecule has 3 rings (SSSR count). The van der Waals surface area contributed by atoms with Crippen LogP contribution in [0.4, 0.5) is 0 Å². The van der Waals surface area contributed by atoms with Gasteiger partial charge in [-0.1, -0.05) is 102 Å². The van der Waals surface area contributed by atoms with E-state index in [2.05, 4.69) is 16.0 Å². The van der Waals surface area contributed by atoms with Gasteiger partial charge in [0.15, 0.2) is 0 Å². The lowest BCUT2D eigenvalue weighted by Gasteiger charge is -2.36. The number of nitrogens with one attached hydrogen (secondary N) is 3. The fraction of sp³-hybridized carbons (Fsp3) is 0.514. The molecule has 0 bridgehead atoms. The fourth-order valence-electron chi connectivity index (χ4n) is 5.77. The van der Waals surface area contributed by atoms with E-state index in [-0.39, 0.29) is 30.6 Å². The van der Waals surface area contributed by atoms with Gasteiger partial charge in [0.25, 0.3) is 0 Å². The summed E-state index contributed by atoms with van der Waals surface area (Å²) in [6.07, 6.45) is 0.389. The molecule has 244 valence electrons. The highest BCUT2D eigenvalue weighted by Gasteiger charge is 2.40. The van der Waals surface area contributed by atoms with Gasteiger partial charge in [-0.2, -0.15) is 0 Å². The van der Waals surface area contributed by atoms with Crippen molar-refractivity contribution in [1.29, 1.82) is 0 Å². The third kappa shape index (κ3) is 8.93. The number of carbonyl (C=O) groups excluding carboxylic acids is 5. The third-order valence-electron chi connectivity index (χ3n) is 8.43. The molecule has 0 saturated carbocycles. The van der Waals surface area contributed by atoms with Gasteiger partial charge in [0.1, 0.15) is 30.2 Å². The average molecular weight is 620 g/mol. The third-order valence-corrected chi connectivity index (χ3v) is 8.43. The molecule has 5 amide bonds. The molecule has 1 aliphatic rings. The number of hydrogen-bond acceptors (Lipinski definition) is 5. The molecule has 0 spiro atoms. The molecule has 1 fully saturated rings. The SMILES string of the molecule is CC(C)[C@@H]1NC(=O)[C@H](Cc2ccccc2)N(C)C(=O)[C@H](C(C)C)NC(=O)[C@H](C(C)C)N(C)C(=O)[C@H](Cc2ccccc2)NC1=O. The lowest BCUT2D eigenvalue weighted by Crippen LogP contribution is -2.60. The van der Waals surface area contributed by atoms with Crippen molar-refractivity contribution in [3.05, 3.63) is 71.8 Å². The second kappa shape index (κ2) is 15.7. The summed E-state index contributed by atoms with van der Waals surface area (Å²) in [4.78, 5) is 72.6. The van der Waals surface area contributed by atoms with Crippen molar-refractivity contribution in [2.24, 2.45) is 17.8 Å². The summed E-state index contributed by atoms with van der Waals surface area (Å²) < 4.78 is 0. The summed E-state index contributed by atoms with van der Waals surface area (Å²) >= 11 is 0. The van der Waals surface area contributed by atoms with E-state index in [4.69, 9.17) is 0 Å². The van der Waals surface area contributed by atoms with Crippen LogP contribution in [-0.2, 0) is 36.8 Å². The number of nitrogens with zero attached hydrogens (tertiary/aromatic N) is 2. The van der Waals surface area contributed by atoms with E-state index in [1.807, 2.05) is 102 Å². The minimum Gasteiger partial charge on any atom is -0.342 e. The van der Waals surface area contributed by atoms with Crippen LogP contribution in [-0.4, -0.2) is 83.6 Å². The topological polar surface area (TPSA) is 128 Å². The van der Waals surface area contributed by atoms with Crippen LogP contribution >= 0.6 is 0 Å². The smallest absolute Gasteiger partial charge is 0.245 e. The van der Waals surface area contributed by atoms with E-state index in [0.717, 1.165) is 11.1 Å². The quantitative estimate of drug-likeness (QED) is 0.439. The minimum atomic E-state index is -1.01. The highest BCUT2D eigenvalue weighted by molar-refractivity contribution is 5.98. The summed E-state index contributed by atoms with van der Waals surface area (Å²) in [7, 11) is 3.09. The van der Waals surface area contributed by atoms with Gasteiger partial charge < -0.3 is 25.8 Å². The van der Waals surface area contributed by atoms with Crippen molar-refractivity contribution in [2.45, 2.75) is 84.6 Å². The Bertz CT molecular complexity index is 1330. The Hall–Kier alpha value is -4.21. The fourth-order valence-corrected chi connectivity index (χ4v) is 5.77. The Kier molecular flexibility index (Phi) is 12.3. The highest BCUT2D eigenvalue weighted by atomic mass is 16.2. The van der Waals surface area contributed by atoms with Gasteiger partial charge in [0, 0.05) is 26.9 Å². The van der Waals surface area contributed by atoms with E-state index in [1.54, 1.807) is 14.1 Å². The predicted octanol–water partition coefficient (Wildman–Crippen LogP) is 2.56. The second-order valence-electron chi connectivity index (χ2n) is 13.0. The van der Waals surface area contributed by atoms with E-state index in [0.29, 0.717) is 0 Å². The van der Waals surface area contributed by atoms with Crippen LogP contribution in [0.25, 0.3) is 0 Å². The van der Waals surface area contributed by atoms with Crippen LogP contribution in [0.5, 0.6) is 0 Å². The molecule has 2 aromatic rings. The number of hydrogen-bond donors (Lipinski definition) is 3. The highest BCUT2D eigenvalue weighted by Crippen LogP contribution is 2.18. The number of likely N-dealkylation sites (N-methyl/N-ethyl adjacent to an activating group) is 2. The maximum absolute atomic E-state index is 14.1. The van der Waals surface area contributed by atoms with Gasteiger partial charge in [-0.3, -0.25) is 24.0 Å². The van der Waals surface area contributed by atoms with Crippen LogP contribution in [0.1, 0.15) is 52.7 Å². The van der Waals surface area contributed by atoms with Crippen molar-refractivity contribution >= 4 is 29.5 Å². The first-order chi connectivity index (χ1) is 21.2. The molecule has 0 aliphatic carbocycles.